The van der Waals surface area contributed by atoms with Crippen LogP contribution in [0.2, 0.25) is 5.02 Å². The summed E-state index contributed by atoms with van der Waals surface area (Å²) in [6, 6.07) is 7.11. The van der Waals surface area contributed by atoms with Gasteiger partial charge in [0.1, 0.15) is 5.82 Å². The van der Waals surface area contributed by atoms with E-state index in [-0.39, 0.29) is 29.0 Å². The highest BCUT2D eigenvalue weighted by Crippen LogP contribution is 2.24. The molecule has 1 aromatic carbocycles. The first-order valence-electron chi connectivity index (χ1n) is 9.56. The Labute approximate surface area is 181 Å². The summed E-state index contributed by atoms with van der Waals surface area (Å²) in [7, 11) is 0. The van der Waals surface area contributed by atoms with Gasteiger partial charge in [0.2, 0.25) is 11.8 Å². The Balaban J connectivity index is 1.97. The van der Waals surface area contributed by atoms with Crippen LogP contribution >= 0.6 is 23.4 Å². The summed E-state index contributed by atoms with van der Waals surface area (Å²) in [5.41, 5.74) is 0.302. The van der Waals surface area contributed by atoms with E-state index in [1.54, 1.807) is 12.1 Å². The number of carbonyl (C=O) groups is 2. The van der Waals surface area contributed by atoms with E-state index in [1.807, 2.05) is 51.3 Å². The van der Waals surface area contributed by atoms with Crippen molar-refractivity contribution in [3.63, 3.8) is 0 Å². The number of hydrogen-bond acceptors (Lipinski definition) is 5. The van der Waals surface area contributed by atoms with Crippen molar-refractivity contribution >= 4 is 40.9 Å². The molecule has 2 aromatic rings. The number of thioether (sulfide) groups is 1. The fourth-order valence-corrected chi connectivity index (χ4v) is 3.71. The lowest BCUT2D eigenvalue weighted by Gasteiger charge is -2.22. The second-order valence-electron chi connectivity index (χ2n) is 7.67. The lowest BCUT2D eigenvalue weighted by molar-refractivity contribution is -0.121. The highest BCUT2D eigenvalue weighted by atomic mass is 35.5. The second kappa shape index (κ2) is 10.1. The summed E-state index contributed by atoms with van der Waals surface area (Å²) in [5.74, 6) is 0.525. The van der Waals surface area contributed by atoms with Gasteiger partial charge in [0, 0.05) is 24.9 Å². The summed E-state index contributed by atoms with van der Waals surface area (Å²) in [6.07, 6.45) is 0.703. The van der Waals surface area contributed by atoms with E-state index in [4.69, 9.17) is 11.6 Å². The zero-order chi connectivity index (χ0) is 21.6. The molecule has 0 saturated heterocycles. The fraction of sp³-hybridized carbons (Fsp3) is 0.500. The van der Waals surface area contributed by atoms with Gasteiger partial charge in [-0.1, -0.05) is 35.5 Å². The maximum atomic E-state index is 12.3. The minimum Gasteiger partial charge on any atom is -0.351 e. The standard InChI is InChI=1S/C20H28ClN5O2S/c1-6-26-16(11-12-17(27)22-15-10-8-7-9-14(15)21)24-25-19(26)29-13(2)18(28)23-20(3,4)5/h7-10,13H,6,11-12H2,1-5H3,(H,22,27)(H,23,28)/t13-/m0/s1. The maximum Gasteiger partial charge on any atom is 0.233 e. The SMILES string of the molecule is CCn1c(CCC(=O)Nc2ccccc2Cl)nnc1S[C@@H](C)C(=O)NC(C)(C)C. The first-order chi connectivity index (χ1) is 13.6. The predicted octanol–water partition coefficient (Wildman–Crippen LogP) is 3.92. The molecule has 0 unspecified atom stereocenters. The number of hydrogen-bond donors (Lipinski definition) is 2. The molecule has 1 aromatic heterocycles. The summed E-state index contributed by atoms with van der Waals surface area (Å²) < 4.78 is 1.94. The van der Waals surface area contributed by atoms with Crippen LogP contribution in [-0.4, -0.2) is 37.4 Å². The van der Waals surface area contributed by atoms with E-state index >= 15 is 0 Å². The molecular formula is C20H28ClN5O2S. The monoisotopic (exact) mass is 437 g/mol. The molecule has 0 aliphatic carbocycles. The van der Waals surface area contributed by atoms with Gasteiger partial charge in [-0.15, -0.1) is 10.2 Å². The average molecular weight is 438 g/mol. The number of nitrogens with one attached hydrogen (secondary N) is 2. The smallest absolute Gasteiger partial charge is 0.233 e. The lowest BCUT2D eigenvalue weighted by Crippen LogP contribution is -2.44. The van der Waals surface area contributed by atoms with Crippen LogP contribution in [0.5, 0.6) is 0 Å². The van der Waals surface area contributed by atoms with Crippen molar-refractivity contribution in [3.8, 4) is 0 Å². The van der Waals surface area contributed by atoms with E-state index in [9.17, 15) is 9.59 Å². The number of rotatable bonds is 8. The quantitative estimate of drug-likeness (QED) is 0.611. The Hall–Kier alpha value is -2.06. The highest BCUT2D eigenvalue weighted by Gasteiger charge is 2.23. The number of carbonyl (C=O) groups excluding carboxylic acids is 2. The Kier molecular flexibility index (Phi) is 8.10. The molecule has 9 heteroatoms. The number of aryl methyl sites for hydroxylation is 1. The molecule has 0 aliphatic heterocycles. The van der Waals surface area contributed by atoms with Gasteiger partial charge in [0.15, 0.2) is 5.16 Å². The topological polar surface area (TPSA) is 88.9 Å². The number of halogens is 1. The molecule has 7 nitrogen and oxygen atoms in total. The van der Waals surface area contributed by atoms with E-state index in [0.29, 0.717) is 34.7 Å². The zero-order valence-corrected chi connectivity index (χ0v) is 19.0. The molecule has 2 amide bonds. The van der Waals surface area contributed by atoms with Crippen LogP contribution in [0, 0.1) is 0 Å². The number of anilines is 1. The van der Waals surface area contributed by atoms with Gasteiger partial charge in [-0.3, -0.25) is 9.59 Å². The fourth-order valence-electron chi connectivity index (χ4n) is 2.59. The number of aromatic nitrogens is 3. The van der Waals surface area contributed by atoms with Crippen molar-refractivity contribution in [2.75, 3.05) is 5.32 Å². The molecule has 1 atom stereocenters. The van der Waals surface area contributed by atoms with Gasteiger partial charge in [-0.05, 0) is 46.8 Å². The largest absolute Gasteiger partial charge is 0.351 e. The Morgan fingerprint density at radius 2 is 1.93 bits per heavy atom. The molecule has 0 saturated carbocycles. The van der Waals surface area contributed by atoms with Crippen molar-refractivity contribution < 1.29 is 9.59 Å². The van der Waals surface area contributed by atoms with Crippen molar-refractivity contribution in [2.45, 2.75) is 70.0 Å². The van der Waals surface area contributed by atoms with Gasteiger partial charge in [0.05, 0.1) is 16.0 Å². The van der Waals surface area contributed by atoms with Gasteiger partial charge in [0.25, 0.3) is 0 Å². The highest BCUT2D eigenvalue weighted by molar-refractivity contribution is 8.00. The summed E-state index contributed by atoms with van der Waals surface area (Å²) >= 11 is 7.44. The van der Waals surface area contributed by atoms with Gasteiger partial charge in [-0.2, -0.15) is 0 Å². The summed E-state index contributed by atoms with van der Waals surface area (Å²) in [5, 5.41) is 15.1. The zero-order valence-electron chi connectivity index (χ0n) is 17.5. The lowest BCUT2D eigenvalue weighted by atomic mass is 10.1. The third-order valence-corrected chi connectivity index (χ3v) is 5.39. The van der Waals surface area contributed by atoms with Crippen LogP contribution in [0.3, 0.4) is 0 Å². The Bertz CT molecular complexity index is 863. The van der Waals surface area contributed by atoms with Crippen LogP contribution in [0.1, 0.15) is 46.9 Å². The number of nitrogens with zero attached hydrogens (tertiary/aromatic N) is 3. The number of amides is 2. The van der Waals surface area contributed by atoms with Gasteiger partial charge in [-0.25, -0.2) is 0 Å². The van der Waals surface area contributed by atoms with Gasteiger partial charge >= 0.3 is 0 Å². The van der Waals surface area contributed by atoms with Crippen molar-refractivity contribution in [2.24, 2.45) is 0 Å². The normalized spacial score (nSPS) is 12.5. The van der Waals surface area contributed by atoms with E-state index in [2.05, 4.69) is 20.8 Å². The molecule has 0 radical (unpaired) electrons. The van der Waals surface area contributed by atoms with E-state index < -0.39 is 0 Å². The van der Waals surface area contributed by atoms with Crippen LogP contribution < -0.4 is 10.6 Å². The first kappa shape index (κ1) is 23.2. The Morgan fingerprint density at radius 3 is 2.55 bits per heavy atom. The molecule has 2 rings (SSSR count). The minimum atomic E-state index is -0.305. The number of benzene rings is 1. The van der Waals surface area contributed by atoms with Crippen LogP contribution in [0.25, 0.3) is 0 Å². The van der Waals surface area contributed by atoms with Crippen LogP contribution in [0.15, 0.2) is 29.4 Å². The summed E-state index contributed by atoms with van der Waals surface area (Å²) in [6.45, 7) is 10.3. The minimum absolute atomic E-state index is 0.0474. The number of para-hydroxylation sites is 1. The van der Waals surface area contributed by atoms with Crippen molar-refractivity contribution in [3.05, 3.63) is 35.1 Å². The molecule has 0 aliphatic rings. The molecule has 29 heavy (non-hydrogen) atoms. The molecule has 0 spiro atoms. The molecular weight excluding hydrogens is 410 g/mol. The van der Waals surface area contributed by atoms with Gasteiger partial charge < -0.3 is 15.2 Å². The molecule has 1 heterocycles. The maximum absolute atomic E-state index is 12.3. The predicted molar refractivity (Wildman–Crippen MR) is 117 cm³/mol. The first-order valence-corrected chi connectivity index (χ1v) is 10.8. The molecule has 2 N–H and O–H groups in total. The van der Waals surface area contributed by atoms with Crippen molar-refractivity contribution in [1.29, 1.82) is 0 Å². The Morgan fingerprint density at radius 1 is 1.24 bits per heavy atom. The molecule has 0 bridgehead atoms. The average Bonchev–Trinajstić information content (AvgIpc) is 3.02. The van der Waals surface area contributed by atoms with Crippen LogP contribution in [0.4, 0.5) is 5.69 Å². The second-order valence-corrected chi connectivity index (χ2v) is 9.39. The van der Waals surface area contributed by atoms with E-state index in [1.165, 1.54) is 11.8 Å². The van der Waals surface area contributed by atoms with Crippen LogP contribution in [-0.2, 0) is 22.6 Å². The molecule has 158 valence electrons. The third kappa shape index (κ3) is 7.04. The third-order valence-electron chi connectivity index (χ3n) is 3.98. The van der Waals surface area contributed by atoms with Crippen molar-refractivity contribution in [1.82, 2.24) is 20.1 Å². The molecule has 0 fully saturated rings. The van der Waals surface area contributed by atoms with E-state index in [0.717, 1.165) is 0 Å². The summed E-state index contributed by atoms with van der Waals surface area (Å²) in [4.78, 5) is 24.6.